The Kier molecular flexibility index (Phi) is 5.53. The fourth-order valence-electron chi connectivity index (χ4n) is 1.51. The second-order valence-corrected chi connectivity index (χ2v) is 5.23. The zero-order valence-corrected chi connectivity index (χ0v) is 11.4. The van der Waals surface area contributed by atoms with E-state index in [1.165, 1.54) is 0 Å². The number of para-hydroxylation sites is 1. The Hall–Kier alpha value is -0.830. The third kappa shape index (κ3) is 3.97. The number of unbranched alkanes of at least 4 members (excludes halogenated alkanes) is 1. The summed E-state index contributed by atoms with van der Waals surface area (Å²) in [5.41, 5.74) is 2.03. The van der Waals surface area contributed by atoms with E-state index in [9.17, 15) is 4.79 Å². The van der Waals surface area contributed by atoms with Crippen LogP contribution in [-0.4, -0.2) is 5.91 Å². The summed E-state index contributed by atoms with van der Waals surface area (Å²) >= 11 is 3.52. The van der Waals surface area contributed by atoms with Crippen molar-refractivity contribution >= 4 is 27.5 Å². The van der Waals surface area contributed by atoms with E-state index in [2.05, 4.69) is 35.1 Å². The molecule has 0 heterocycles. The number of rotatable bonds is 5. The first-order chi connectivity index (χ1) is 7.65. The molecule has 0 saturated heterocycles. The fourth-order valence-corrected chi connectivity index (χ4v) is 1.91. The van der Waals surface area contributed by atoms with Gasteiger partial charge in [-0.1, -0.05) is 47.5 Å². The maximum atomic E-state index is 11.6. The SMILES string of the molecule is CCCCC(=O)Nc1ccccc1C(C)Br. The molecule has 1 rings (SSSR count). The van der Waals surface area contributed by atoms with Gasteiger partial charge in [0, 0.05) is 16.9 Å². The number of nitrogens with one attached hydrogen (secondary N) is 1. The molecule has 1 aromatic carbocycles. The van der Waals surface area contributed by atoms with E-state index < -0.39 is 0 Å². The van der Waals surface area contributed by atoms with Crippen LogP contribution in [0.3, 0.4) is 0 Å². The molecular weight excluding hydrogens is 266 g/mol. The summed E-state index contributed by atoms with van der Waals surface area (Å²) in [5, 5.41) is 2.96. The third-order valence-electron chi connectivity index (χ3n) is 2.42. The van der Waals surface area contributed by atoms with Gasteiger partial charge in [-0.3, -0.25) is 4.79 Å². The van der Waals surface area contributed by atoms with Crippen LogP contribution in [0.2, 0.25) is 0 Å². The minimum absolute atomic E-state index is 0.0995. The zero-order chi connectivity index (χ0) is 12.0. The minimum atomic E-state index is 0.0995. The molecule has 1 atom stereocenters. The van der Waals surface area contributed by atoms with Crippen molar-refractivity contribution in [1.29, 1.82) is 0 Å². The quantitative estimate of drug-likeness (QED) is 0.804. The minimum Gasteiger partial charge on any atom is -0.326 e. The van der Waals surface area contributed by atoms with E-state index in [1.54, 1.807) is 0 Å². The number of anilines is 1. The number of amides is 1. The van der Waals surface area contributed by atoms with Crippen molar-refractivity contribution < 1.29 is 4.79 Å². The number of halogens is 1. The third-order valence-corrected chi connectivity index (χ3v) is 2.91. The van der Waals surface area contributed by atoms with Crippen molar-refractivity contribution in [3.8, 4) is 0 Å². The molecule has 1 aromatic rings. The van der Waals surface area contributed by atoms with Gasteiger partial charge < -0.3 is 5.32 Å². The molecule has 3 heteroatoms. The standard InChI is InChI=1S/C13H18BrNO/c1-3-4-9-13(16)15-12-8-6-5-7-11(12)10(2)14/h5-8,10H,3-4,9H2,1-2H3,(H,15,16). The summed E-state index contributed by atoms with van der Waals surface area (Å²) in [6, 6.07) is 7.88. The van der Waals surface area contributed by atoms with Crippen LogP contribution in [0, 0.1) is 0 Å². The van der Waals surface area contributed by atoms with Gasteiger partial charge in [0.25, 0.3) is 0 Å². The molecule has 88 valence electrons. The van der Waals surface area contributed by atoms with Crippen molar-refractivity contribution in [2.45, 2.75) is 37.9 Å². The molecule has 0 bridgehead atoms. The molecule has 2 nitrogen and oxygen atoms in total. The molecule has 0 aliphatic heterocycles. The Bertz CT molecular complexity index is 350. The van der Waals surface area contributed by atoms with Crippen LogP contribution in [0.25, 0.3) is 0 Å². The summed E-state index contributed by atoms with van der Waals surface area (Å²) in [6.07, 6.45) is 2.59. The second kappa shape index (κ2) is 6.69. The van der Waals surface area contributed by atoms with E-state index in [4.69, 9.17) is 0 Å². The Morgan fingerprint density at radius 3 is 2.75 bits per heavy atom. The Morgan fingerprint density at radius 1 is 1.44 bits per heavy atom. The predicted octanol–water partition coefficient (Wildman–Crippen LogP) is 4.27. The molecular formula is C13H18BrNO. The summed E-state index contributed by atoms with van der Waals surface area (Å²) < 4.78 is 0. The van der Waals surface area contributed by atoms with Gasteiger partial charge in [0.2, 0.25) is 5.91 Å². The van der Waals surface area contributed by atoms with Gasteiger partial charge in [-0.05, 0) is 25.0 Å². The molecule has 0 aliphatic rings. The van der Waals surface area contributed by atoms with Crippen LogP contribution in [0.15, 0.2) is 24.3 Å². The number of carbonyl (C=O) groups is 1. The second-order valence-electron chi connectivity index (χ2n) is 3.85. The largest absolute Gasteiger partial charge is 0.326 e. The zero-order valence-electron chi connectivity index (χ0n) is 9.79. The highest BCUT2D eigenvalue weighted by Gasteiger charge is 2.09. The average Bonchev–Trinajstić information content (AvgIpc) is 2.27. The van der Waals surface area contributed by atoms with E-state index in [0.717, 1.165) is 24.1 Å². The van der Waals surface area contributed by atoms with E-state index >= 15 is 0 Å². The first-order valence-electron chi connectivity index (χ1n) is 5.68. The fraction of sp³-hybridized carbons (Fsp3) is 0.462. The molecule has 1 amide bonds. The van der Waals surface area contributed by atoms with Crippen molar-refractivity contribution in [2.24, 2.45) is 0 Å². The van der Waals surface area contributed by atoms with Crippen molar-refractivity contribution in [2.75, 3.05) is 5.32 Å². The summed E-state index contributed by atoms with van der Waals surface area (Å²) in [4.78, 5) is 11.9. The highest BCUT2D eigenvalue weighted by Crippen LogP contribution is 2.28. The van der Waals surface area contributed by atoms with Gasteiger partial charge in [0.15, 0.2) is 0 Å². The highest BCUT2D eigenvalue weighted by atomic mass is 79.9. The molecule has 0 fully saturated rings. The lowest BCUT2D eigenvalue weighted by molar-refractivity contribution is -0.116. The van der Waals surface area contributed by atoms with Gasteiger partial charge >= 0.3 is 0 Å². The van der Waals surface area contributed by atoms with Gasteiger partial charge in [-0.25, -0.2) is 0 Å². The lowest BCUT2D eigenvalue weighted by atomic mass is 10.1. The summed E-state index contributed by atoms with van der Waals surface area (Å²) in [5.74, 6) is 0.0995. The summed E-state index contributed by atoms with van der Waals surface area (Å²) in [7, 11) is 0. The van der Waals surface area contributed by atoms with Crippen LogP contribution < -0.4 is 5.32 Å². The molecule has 1 N–H and O–H groups in total. The van der Waals surface area contributed by atoms with E-state index in [0.29, 0.717) is 6.42 Å². The number of hydrogen-bond donors (Lipinski definition) is 1. The Morgan fingerprint density at radius 2 is 2.12 bits per heavy atom. The van der Waals surface area contributed by atoms with Gasteiger partial charge in [-0.15, -0.1) is 0 Å². The van der Waals surface area contributed by atoms with Crippen LogP contribution in [0.5, 0.6) is 0 Å². The van der Waals surface area contributed by atoms with Crippen LogP contribution in [-0.2, 0) is 4.79 Å². The number of hydrogen-bond acceptors (Lipinski definition) is 1. The lowest BCUT2D eigenvalue weighted by Crippen LogP contribution is -2.12. The van der Waals surface area contributed by atoms with Crippen LogP contribution in [0.1, 0.15) is 43.5 Å². The van der Waals surface area contributed by atoms with E-state index in [1.807, 2.05) is 24.3 Å². The lowest BCUT2D eigenvalue weighted by Gasteiger charge is -2.12. The van der Waals surface area contributed by atoms with Gasteiger partial charge in [-0.2, -0.15) is 0 Å². The van der Waals surface area contributed by atoms with Crippen LogP contribution in [0.4, 0.5) is 5.69 Å². The monoisotopic (exact) mass is 283 g/mol. The molecule has 0 radical (unpaired) electrons. The molecule has 0 spiro atoms. The molecule has 0 aromatic heterocycles. The molecule has 0 saturated carbocycles. The predicted molar refractivity (Wildman–Crippen MR) is 71.9 cm³/mol. The number of carbonyl (C=O) groups excluding carboxylic acids is 1. The normalized spacial score (nSPS) is 12.2. The first kappa shape index (κ1) is 13.2. The first-order valence-corrected chi connectivity index (χ1v) is 6.59. The average molecular weight is 284 g/mol. The molecule has 1 unspecified atom stereocenters. The van der Waals surface area contributed by atoms with E-state index in [-0.39, 0.29) is 10.7 Å². The smallest absolute Gasteiger partial charge is 0.224 e. The maximum absolute atomic E-state index is 11.6. The molecule has 16 heavy (non-hydrogen) atoms. The van der Waals surface area contributed by atoms with Crippen molar-refractivity contribution in [1.82, 2.24) is 0 Å². The Balaban J connectivity index is 2.69. The number of alkyl halides is 1. The summed E-state index contributed by atoms with van der Waals surface area (Å²) in [6.45, 7) is 4.14. The maximum Gasteiger partial charge on any atom is 0.224 e. The van der Waals surface area contributed by atoms with Gasteiger partial charge in [0.1, 0.15) is 0 Å². The number of benzene rings is 1. The topological polar surface area (TPSA) is 29.1 Å². The van der Waals surface area contributed by atoms with Crippen LogP contribution >= 0.6 is 15.9 Å². The highest BCUT2D eigenvalue weighted by molar-refractivity contribution is 9.09. The van der Waals surface area contributed by atoms with Crippen molar-refractivity contribution in [3.05, 3.63) is 29.8 Å². The van der Waals surface area contributed by atoms with Gasteiger partial charge in [0.05, 0.1) is 0 Å². The van der Waals surface area contributed by atoms with Crippen molar-refractivity contribution in [3.63, 3.8) is 0 Å². The molecule has 0 aliphatic carbocycles. The Labute approximate surface area is 106 Å².